The van der Waals surface area contributed by atoms with Gasteiger partial charge in [-0.15, -0.1) is 0 Å². The summed E-state index contributed by atoms with van der Waals surface area (Å²) in [4.78, 5) is 15.7. The molecule has 1 aromatic carbocycles. The van der Waals surface area contributed by atoms with E-state index in [0.717, 1.165) is 44.1 Å². The number of morpholine rings is 1. The highest BCUT2D eigenvalue weighted by Gasteiger charge is 2.21. The Bertz CT molecular complexity index is 1270. The number of nitrogen functional groups attached to an aromatic ring is 1. The number of nitrogens with two attached hydrogens (primary N) is 1. The summed E-state index contributed by atoms with van der Waals surface area (Å²) in [5.41, 5.74) is 8.87. The molecule has 4 aromatic rings. The van der Waals surface area contributed by atoms with Crippen LogP contribution in [-0.2, 0) is 11.2 Å². The van der Waals surface area contributed by atoms with Crippen LogP contribution < -0.4 is 16.0 Å². The molecule has 3 N–H and O–H groups in total. The average Bonchev–Trinajstić information content (AvgIpc) is 3.11. The predicted molar refractivity (Wildman–Crippen MR) is 128 cm³/mol. The highest BCUT2D eigenvalue weighted by Crippen LogP contribution is 2.29. The van der Waals surface area contributed by atoms with Crippen LogP contribution in [-0.4, -0.2) is 45.8 Å². The number of halogens is 1. The summed E-state index contributed by atoms with van der Waals surface area (Å²) in [5, 5.41) is 3.59. The fourth-order valence-electron chi connectivity index (χ4n) is 4.12. The van der Waals surface area contributed by atoms with Crippen LogP contribution in [0.1, 0.15) is 19.0 Å². The number of hydrogen-bond donors (Lipinski definition) is 2. The Morgan fingerprint density at radius 1 is 1.09 bits per heavy atom. The van der Waals surface area contributed by atoms with E-state index < -0.39 is 0 Å². The second-order valence-electron chi connectivity index (χ2n) is 7.97. The minimum Gasteiger partial charge on any atom is -0.384 e. The van der Waals surface area contributed by atoms with Gasteiger partial charge in [-0.3, -0.25) is 4.57 Å². The molecule has 4 heterocycles. The van der Waals surface area contributed by atoms with E-state index in [9.17, 15) is 0 Å². The predicted octanol–water partition coefficient (Wildman–Crippen LogP) is 4.07. The number of anilines is 4. The van der Waals surface area contributed by atoms with Crippen molar-refractivity contribution in [2.45, 2.75) is 19.8 Å². The lowest BCUT2D eigenvalue weighted by Gasteiger charge is -2.28. The quantitative estimate of drug-likeness (QED) is 0.460. The average molecular weight is 448 g/mol. The summed E-state index contributed by atoms with van der Waals surface area (Å²) in [6.45, 7) is 5.26. The number of pyridine rings is 1. The van der Waals surface area contributed by atoms with Crippen LogP contribution in [0.3, 0.4) is 0 Å². The Labute approximate surface area is 191 Å². The molecule has 1 saturated heterocycles. The number of fused-ring (bicyclic) bond motifs is 1. The van der Waals surface area contributed by atoms with Gasteiger partial charge in [0.25, 0.3) is 0 Å². The molecule has 9 heteroatoms. The van der Waals surface area contributed by atoms with Crippen LogP contribution >= 0.6 is 0 Å². The second-order valence-corrected chi connectivity index (χ2v) is 7.97. The SMILES string of the molecule is CCCc1c(F)c2cnc(Nc3ccc(N4CCOCC4)cc3)nc2n1-c1cccc(N)n1. The number of ether oxygens (including phenoxy) is 1. The van der Waals surface area contributed by atoms with Gasteiger partial charge in [0.1, 0.15) is 11.6 Å². The molecule has 1 fully saturated rings. The summed E-state index contributed by atoms with van der Waals surface area (Å²) in [7, 11) is 0. The number of nitrogens with one attached hydrogen (secondary N) is 1. The number of nitrogens with zero attached hydrogens (tertiary/aromatic N) is 5. The molecule has 1 aliphatic rings. The van der Waals surface area contributed by atoms with Gasteiger partial charge < -0.3 is 20.7 Å². The van der Waals surface area contributed by atoms with Gasteiger partial charge in [0, 0.05) is 30.7 Å². The third kappa shape index (κ3) is 4.19. The van der Waals surface area contributed by atoms with E-state index in [4.69, 9.17) is 10.5 Å². The van der Waals surface area contributed by atoms with Crippen LogP contribution in [0.5, 0.6) is 0 Å². The second kappa shape index (κ2) is 9.03. The Balaban J connectivity index is 1.49. The van der Waals surface area contributed by atoms with Crippen LogP contribution in [0.15, 0.2) is 48.7 Å². The molecule has 170 valence electrons. The zero-order chi connectivity index (χ0) is 22.8. The molecular weight excluding hydrogens is 421 g/mol. The Hall–Kier alpha value is -3.72. The van der Waals surface area contributed by atoms with Crippen molar-refractivity contribution in [1.29, 1.82) is 0 Å². The first-order valence-electron chi connectivity index (χ1n) is 11.1. The summed E-state index contributed by atoms with van der Waals surface area (Å²) in [5.74, 6) is 0.960. The molecule has 33 heavy (non-hydrogen) atoms. The monoisotopic (exact) mass is 447 g/mol. The molecule has 1 aliphatic heterocycles. The van der Waals surface area contributed by atoms with Gasteiger partial charge in [-0.05, 0) is 42.8 Å². The fourth-order valence-corrected chi connectivity index (χ4v) is 4.12. The molecule has 0 atom stereocenters. The largest absolute Gasteiger partial charge is 0.384 e. The maximum Gasteiger partial charge on any atom is 0.229 e. The van der Waals surface area contributed by atoms with Crippen LogP contribution in [0.4, 0.5) is 27.5 Å². The Kier molecular flexibility index (Phi) is 5.78. The summed E-state index contributed by atoms with van der Waals surface area (Å²) in [6.07, 6.45) is 2.85. The molecule has 0 amide bonds. The maximum absolute atomic E-state index is 15.2. The zero-order valence-corrected chi connectivity index (χ0v) is 18.5. The first-order chi connectivity index (χ1) is 16.1. The molecule has 3 aromatic heterocycles. The van der Waals surface area contributed by atoms with E-state index in [1.54, 1.807) is 22.8 Å². The van der Waals surface area contributed by atoms with Crippen molar-refractivity contribution < 1.29 is 9.13 Å². The van der Waals surface area contributed by atoms with E-state index in [0.29, 0.717) is 40.7 Å². The number of rotatable bonds is 6. The van der Waals surface area contributed by atoms with Crippen molar-refractivity contribution in [1.82, 2.24) is 19.5 Å². The molecule has 5 rings (SSSR count). The third-order valence-corrected chi connectivity index (χ3v) is 5.71. The fraction of sp³-hybridized carbons (Fsp3) is 0.292. The summed E-state index contributed by atoms with van der Waals surface area (Å²) in [6, 6.07) is 13.4. The van der Waals surface area contributed by atoms with Gasteiger partial charge in [0.2, 0.25) is 5.95 Å². The lowest BCUT2D eigenvalue weighted by molar-refractivity contribution is 0.122. The molecule has 0 aliphatic carbocycles. The van der Waals surface area contributed by atoms with Crippen molar-refractivity contribution >= 4 is 34.2 Å². The van der Waals surface area contributed by atoms with Gasteiger partial charge in [-0.1, -0.05) is 19.4 Å². The smallest absolute Gasteiger partial charge is 0.229 e. The molecule has 0 spiro atoms. The lowest BCUT2D eigenvalue weighted by atomic mass is 10.2. The minimum atomic E-state index is -0.322. The third-order valence-electron chi connectivity index (χ3n) is 5.71. The van der Waals surface area contributed by atoms with Gasteiger partial charge >= 0.3 is 0 Å². The van der Waals surface area contributed by atoms with Crippen molar-refractivity contribution in [2.24, 2.45) is 0 Å². The number of hydrogen-bond acceptors (Lipinski definition) is 7. The lowest BCUT2D eigenvalue weighted by Crippen LogP contribution is -2.36. The van der Waals surface area contributed by atoms with Crippen molar-refractivity contribution in [3.05, 3.63) is 60.2 Å². The van der Waals surface area contributed by atoms with Crippen LogP contribution in [0.2, 0.25) is 0 Å². The zero-order valence-electron chi connectivity index (χ0n) is 18.5. The Morgan fingerprint density at radius 3 is 2.61 bits per heavy atom. The van der Waals surface area contributed by atoms with E-state index in [-0.39, 0.29) is 5.82 Å². The van der Waals surface area contributed by atoms with Gasteiger partial charge in [-0.25, -0.2) is 14.4 Å². The molecule has 0 unspecified atom stereocenters. The standard InChI is InChI=1S/C24H26FN7O/c1-2-4-19-22(25)18-15-27-24(30-23(18)32(19)21-6-3-5-20(26)29-21)28-16-7-9-17(10-8-16)31-11-13-33-14-12-31/h3,5-10,15H,2,4,11-14H2,1H3,(H2,26,29)(H,27,28,30). The molecule has 0 saturated carbocycles. The highest BCUT2D eigenvalue weighted by atomic mass is 19.1. The van der Waals surface area contributed by atoms with E-state index >= 15 is 4.39 Å². The summed E-state index contributed by atoms with van der Waals surface area (Å²) >= 11 is 0. The van der Waals surface area contributed by atoms with E-state index in [1.165, 1.54) is 6.20 Å². The Morgan fingerprint density at radius 2 is 1.88 bits per heavy atom. The first kappa shape index (κ1) is 21.1. The minimum absolute atomic E-state index is 0.322. The highest BCUT2D eigenvalue weighted by molar-refractivity contribution is 5.81. The normalized spacial score (nSPS) is 14.1. The van der Waals surface area contributed by atoms with Crippen molar-refractivity contribution in [3.8, 4) is 5.82 Å². The summed E-state index contributed by atoms with van der Waals surface area (Å²) < 4.78 is 22.4. The van der Waals surface area contributed by atoms with E-state index in [2.05, 4.69) is 37.3 Å². The molecular formula is C24H26FN7O. The topological polar surface area (TPSA) is 94.1 Å². The number of aromatic nitrogens is 4. The van der Waals surface area contributed by atoms with Gasteiger partial charge in [0.15, 0.2) is 11.5 Å². The molecule has 8 nitrogen and oxygen atoms in total. The van der Waals surface area contributed by atoms with E-state index in [1.807, 2.05) is 19.1 Å². The van der Waals surface area contributed by atoms with Crippen molar-refractivity contribution in [2.75, 3.05) is 42.3 Å². The molecule has 0 radical (unpaired) electrons. The number of benzene rings is 1. The van der Waals surface area contributed by atoms with Gasteiger partial charge in [-0.2, -0.15) is 4.98 Å². The van der Waals surface area contributed by atoms with Gasteiger partial charge in [0.05, 0.1) is 24.3 Å². The maximum atomic E-state index is 15.2. The molecule has 0 bridgehead atoms. The first-order valence-corrected chi connectivity index (χ1v) is 11.1. The van der Waals surface area contributed by atoms with Crippen molar-refractivity contribution in [3.63, 3.8) is 0 Å². The van der Waals surface area contributed by atoms with Crippen LogP contribution in [0.25, 0.3) is 16.9 Å². The van der Waals surface area contributed by atoms with Crippen LogP contribution in [0, 0.1) is 5.82 Å².